The monoisotopic (exact) mass is 205 g/mol. The van der Waals surface area contributed by atoms with Crippen molar-refractivity contribution in [1.29, 1.82) is 0 Å². The molecule has 1 unspecified atom stereocenters. The Morgan fingerprint density at radius 2 is 1.86 bits per heavy atom. The molecule has 0 saturated carbocycles. The predicted molar refractivity (Wildman–Crippen MR) is 56.2 cm³/mol. The normalized spacial score (nSPS) is 13.5. The maximum Gasteiger partial charge on any atom is 0.169 e. The van der Waals surface area contributed by atoms with E-state index in [1.807, 2.05) is 0 Å². The van der Waals surface area contributed by atoms with Crippen LogP contribution in [0, 0.1) is 5.92 Å². The lowest BCUT2D eigenvalue weighted by Gasteiger charge is -2.17. The van der Waals surface area contributed by atoms with Crippen molar-refractivity contribution in [2.24, 2.45) is 5.92 Å². The summed E-state index contributed by atoms with van der Waals surface area (Å²) in [6.07, 6.45) is 1.76. The molecule has 0 amide bonds. The molecule has 0 rings (SSSR count). The van der Waals surface area contributed by atoms with Crippen LogP contribution in [0.1, 0.15) is 19.8 Å². The average molecular weight is 205 g/mol. The van der Waals surface area contributed by atoms with Crippen LogP contribution in [0.3, 0.4) is 0 Å². The fraction of sp³-hybridized carbons (Fsp3) is 1.00. The number of hydrogen-bond acceptors (Lipinski definition) is 4. The van der Waals surface area contributed by atoms with Crippen LogP contribution in [0.25, 0.3) is 0 Å². The van der Waals surface area contributed by atoms with Gasteiger partial charge in [0.15, 0.2) is 6.29 Å². The number of aliphatic hydroxyl groups is 1. The molecule has 0 heterocycles. The minimum absolute atomic E-state index is 0.179. The largest absolute Gasteiger partial charge is 0.396 e. The lowest BCUT2D eigenvalue weighted by molar-refractivity contribution is -0.0990. The average Bonchev–Trinajstić information content (AvgIpc) is 2.23. The number of aliphatic hydroxyl groups excluding tert-OH is 1. The van der Waals surface area contributed by atoms with Crippen LogP contribution in [0.4, 0.5) is 0 Å². The molecule has 4 nitrogen and oxygen atoms in total. The maximum absolute atomic E-state index is 8.79. The van der Waals surface area contributed by atoms with Crippen molar-refractivity contribution in [3.8, 4) is 0 Å². The summed E-state index contributed by atoms with van der Waals surface area (Å²) in [7, 11) is 3.25. The fourth-order valence-corrected chi connectivity index (χ4v) is 1.30. The van der Waals surface area contributed by atoms with Crippen LogP contribution in [0.15, 0.2) is 0 Å². The molecule has 0 saturated heterocycles. The first-order chi connectivity index (χ1) is 6.78. The maximum atomic E-state index is 8.79. The van der Waals surface area contributed by atoms with Crippen LogP contribution in [-0.2, 0) is 9.47 Å². The smallest absolute Gasteiger partial charge is 0.169 e. The van der Waals surface area contributed by atoms with Gasteiger partial charge in [-0.15, -0.1) is 0 Å². The van der Waals surface area contributed by atoms with E-state index in [4.69, 9.17) is 14.6 Å². The van der Waals surface area contributed by atoms with Crippen LogP contribution in [0.2, 0.25) is 0 Å². The first-order valence-corrected chi connectivity index (χ1v) is 5.15. The molecule has 0 aliphatic rings. The van der Waals surface area contributed by atoms with E-state index in [0.29, 0.717) is 12.5 Å². The van der Waals surface area contributed by atoms with Crippen LogP contribution in [0.5, 0.6) is 0 Å². The summed E-state index contributed by atoms with van der Waals surface area (Å²) in [6, 6.07) is 0. The van der Waals surface area contributed by atoms with Gasteiger partial charge in [0.1, 0.15) is 0 Å². The molecule has 1 atom stereocenters. The van der Waals surface area contributed by atoms with Crippen LogP contribution in [-0.4, -0.2) is 45.3 Å². The number of methoxy groups -OCH3 is 2. The van der Waals surface area contributed by atoms with Gasteiger partial charge < -0.3 is 19.9 Å². The highest BCUT2D eigenvalue weighted by atomic mass is 16.7. The summed E-state index contributed by atoms with van der Waals surface area (Å²) in [5.41, 5.74) is 0. The van der Waals surface area contributed by atoms with Gasteiger partial charge in [0.2, 0.25) is 0 Å². The summed E-state index contributed by atoms with van der Waals surface area (Å²) in [6.45, 7) is 3.99. The highest BCUT2D eigenvalue weighted by Crippen LogP contribution is 2.05. The second kappa shape index (κ2) is 9.40. The van der Waals surface area contributed by atoms with E-state index in [9.17, 15) is 0 Å². The Bertz CT molecular complexity index is 118. The van der Waals surface area contributed by atoms with E-state index < -0.39 is 0 Å². The molecule has 0 aliphatic heterocycles. The molecule has 0 aliphatic carbocycles. The van der Waals surface area contributed by atoms with Gasteiger partial charge in [-0.3, -0.25) is 0 Å². The first kappa shape index (κ1) is 13.8. The van der Waals surface area contributed by atoms with Crippen molar-refractivity contribution in [1.82, 2.24) is 5.32 Å². The fourth-order valence-electron chi connectivity index (χ4n) is 1.30. The number of nitrogens with one attached hydrogen (secondary N) is 1. The quantitative estimate of drug-likeness (QED) is 0.541. The Kier molecular flexibility index (Phi) is 9.29. The van der Waals surface area contributed by atoms with Crippen molar-refractivity contribution in [2.75, 3.05) is 33.9 Å². The van der Waals surface area contributed by atoms with Gasteiger partial charge in [0.25, 0.3) is 0 Å². The topological polar surface area (TPSA) is 50.7 Å². The third-order valence-corrected chi connectivity index (χ3v) is 2.38. The van der Waals surface area contributed by atoms with E-state index in [1.165, 1.54) is 0 Å². The van der Waals surface area contributed by atoms with Gasteiger partial charge in [0, 0.05) is 27.4 Å². The lowest BCUT2D eigenvalue weighted by atomic mass is 10.0. The molecule has 86 valence electrons. The van der Waals surface area contributed by atoms with Crippen molar-refractivity contribution in [2.45, 2.75) is 26.1 Å². The molecule has 0 fully saturated rings. The number of hydrogen-bond donors (Lipinski definition) is 2. The molecule has 2 N–H and O–H groups in total. The summed E-state index contributed by atoms with van der Waals surface area (Å²) < 4.78 is 10.1. The van der Waals surface area contributed by atoms with Gasteiger partial charge in [-0.25, -0.2) is 0 Å². The van der Waals surface area contributed by atoms with Gasteiger partial charge in [0.05, 0.1) is 0 Å². The van der Waals surface area contributed by atoms with Gasteiger partial charge in [-0.1, -0.05) is 13.3 Å². The number of rotatable bonds is 9. The zero-order valence-electron chi connectivity index (χ0n) is 9.45. The second-order valence-corrected chi connectivity index (χ2v) is 3.35. The third-order valence-electron chi connectivity index (χ3n) is 2.38. The minimum atomic E-state index is -0.179. The van der Waals surface area contributed by atoms with E-state index >= 15 is 0 Å². The molecular formula is C10H23NO3. The summed E-state index contributed by atoms with van der Waals surface area (Å²) in [4.78, 5) is 0. The molecule has 0 aromatic carbocycles. The van der Waals surface area contributed by atoms with Crippen LogP contribution < -0.4 is 5.32 Å². The summed E-state index contributed by atoms with van der Waals surface area (Å²) in [5, 5.41) is 12.1. The molecule has 0 aromatic heterocycles. The van der Waals surface area contributed by atoms with Crippen molar-refractivity contribution in [3.05, 3.63) is 0 Å². The molecule has 0 radical (unpaired) electrons. The Balaban J connectivity index is 3.48. The van der Waals surface area contributed by atoms with E-state index in [1.54, 1.807) is 14.2 Å². The van der Waals surface area contributed by atoms with Gasteiger partial charge in [-0.05, 0) is 18.9 Å². The molecule has 0 bridgehead atoms. The molecule has 0 spiro atoms. The predicted octanol–water partition coefficient (Wildman–Crippen LogP) is 0.603. The Morgan fingerprint density at radius 3 is 2.29 bits per heavy atom. The summed E-state index contributed by atoms with van der Waals surface area (Å²) >= 11 is 0. The Hall–Kier alpha value is -0.160. The Morgan fingerprint density at radius 1 is 1.21 bits per heavy atom. The summed E-state index contributed by atoms with van der Waals surface area (Å²) in [5.74, 6) is 0.536. The highest BCUT2D eigenvalue weighted by molar-refractivity contribution is 4.61. The standard InChI is InChI=1S/C10H23NO3/c1-4-9(5-6-12)7-11-8-10(13-2)14-3/h9-12H,4-8H2,1-3H3. The number of ether oxygens (including phenoxy) is 2. The molecule has 14 heavy (non-hydrogen) atoms. The van der Waals surface area contributed by atoms with E-state index in [-0.39, 0.29) is 12.9 Å². The van der Waals surface area contributed by atoms with Crippen molar-refractivity contribution in [3.63, 3.8) is 0 Å². The zero-order chi connectivity index (χ0) is 10.8. The second-order valence-electron chi connectivity index (χ2n) is 3.35. The third kappa shape index (κ3) is 6.32. The van der Waals surface area contributed by atoms with Crippen molar-refractivity contribution < 1.29 is 14.6 Å². The Labute approximate surface area is 86.6 Å². The van der Waals surface area contributed by atoms with Gasteiger partial charge in [-0.2, -0.15) is 0 Å². The van der Waals surface area contributed by atoms with E-state index in [2.05, 4.69) is 12.2 Å². The molecular weight excluding hydrogens is 182 g/mol. The SMILES string of the molecule is CCC(CCO)CNCC(OC)OC. The van der Waals surface area contributed by atoms with Crippen LogP contribution >= 0.6 is 0 Å². The first-order valence-electron chi connectivity index (χ1n) is 5.15. The lowest BCUT2D eigenvalue weighted by Crippen LogP contribution is -2.33. The molecule has 0 aromatic rings. The minimum Gasteiger partial charge on any atom is -0.396 e. The highest BCUT2D eigenvalue weighted by Gasteiger charge is 2.07. The van der Waals surface area contributed by atoms with E-state index in [0.717, 1.165) is 19.4 Å². The molecule has 4 heteroatoms. The van der Waals surface area contributed by atoms with Crippen molar-refractivity contribution >= 4 is 0 Å². The van der Waals surface area contributed by atoms with Gasteiger partial charge >= 0.3 is 0 Å². The zero-order valence-corrected chi connectivity index (χ0v) is 9.45.